The van der Waals surface area contributed by atoms with Crippen molar-refractivity contribution in [2.75, 3.05) is 6.54 Å². The molecular weight excluding hydrogens is 490 g/mol. The third-order valence-corrected chi connectivity index (χ3v) is 9.18. The molecule has 3 N–H and O–H groups in total. The molecule has 1 aliphatic carbocycles. The summed E-state index contributed by atoms with van der Waals surface area (Å²) in [7, 11) is -3.31. The Balaban J connectivity index is 1.51. The predicted octanol–water partition coefficient (Wildman–Crippen LogP) is 6.04. The Morgan fingerprint density at radius 1 is 1.08 bits per heavy atom. The SMILES string of the molecule is Cc1ccc(C(CC(=O)O)c2ccc3c(c2)C(=O)CC3)cc1CN1CC(C)Oc2ccccc2S1(O)O. The second kappa shape index (κ2) is 9.95. The molecule has 7 nitrogen and oxygen atoms in total. The number of hydrogen-bond acceptors (Lipinski definition) is 6. The number of benzene rings is 3. The van der Waals surface area contributed by atoms with Crippen LogP contribution in [-0.4, -0.2) is 42.9 Å². The summed E-state index contributed by atoms with van der Waals surface area (Å²) in [5, 5.41) is 9.71. The van der Waals surface area contributed by atoms with Gasteiger partial charge in [-0.1, -0.05) is 42.5 Å². The van der Waals surface area contributed by atoms with Crippen molar-refractivity contribution in [2.24, 2.45) is 0 Å². The maximum absolute atomic E-state index is 12.3. The number of aliphatic carboxylic acids is 1. The van der Waals surface area contributed by atoms with Crippen LogP contribution in [0.4, 0.5) is 0 Å². The fourth-order valence-electron chi connectivity index (χ4n) is 5.25. The summed E-state index contributed by atoms with van der Waals surface area (Å²) in [6, 6.07) is 18.5. The van der Waals surface area contributed by atoms with Crippen LogP contribution in [0.15, 0.2) is 65.6 Å². The van der Waals surface area contributed by atoms with Crippen LogP contribution in [0.2, 0.25) is 0 Å². The van der Waals surface area contributed by atoms with Crippen molar-refractivity contribution in [1.29, 1.82) is 0 Å². The van der Waals surface area contributed by atoms with E-state index in [0.717, 1.165) is 34.2 Å². The predicted molar refractivity (Wildman–Crippen MR) is 142 cm³/mol. The number of carboxylic acid groups (broad SMARTS) is 1. The number of carbonyl (C=O) groups is 2. The normalized spacial score (nSPS) is 20.3. The lowest BCUT2D eigenvalue weighted by atomic mass is 9.85. The van der Waals surface area contributed by atoms with Crippen molar-refractivity contribution in [3.05, 3.63) is 94.0 Å². The Labute approximate surface area is 218 Å². The molecule has 1 heterocycles. The fourth-order valence-corrected chi connectivity index (χ4v) is 6.92. The first-order valence-corrected chi connectivity index (χ1v) is 13.9. The van der Waals surface area contributed by atoms with Crippen molar-refractivity contribution in [3.8, 4) is 5.75 Å². The Hall–Kier alpha value is -3.17. The van der Waals surface area contributed by atoms with E-state index in [9.17, 15) is 23.8 Å². The summed E-state index contributed by atoms with van der Waals surface area (Å²) in [4.78, 5) is 24.6. The first-order chi connectivity index (χ1) is 17.6. The molecule has 0 amide bonds. The van der Waals surface area contributed by atoms with E-state index in [1.807, 2.05) is 50.2 Å². The van der Waals surface area contributed by atoms with Gasteiger partial charge in [0.15, 0.2) is 5.78 Å². The van der Waals surface area contributed by atoms with E-state index < -0.39 is 22.7 Å². The maximum Gasteiger partial charge on any atom is 0.304 e. The molecule has 1 aliphatic heterocycles. The monoisotopic (exact) mass is 521 g/mol. The van der Waals surface area contributed by atoms with Crippen LogP contribution < -0.4 is 4.74 Å². The van der Waals surface area contributed by atoms with Gasteiger partial charge in [0.2, 0.25) is 0 Å². The van der Waals surface area contributed by atoms with Crippen LogP contribution in [0.25, 0.3) is 0 Å². The van der Waals surface area contributed by atoms with Gasteiger partial charge in [0.25, 0.3) is 0 Å². The van der Waals surface area contributed by atoms with Crippen molar-refractivity contribution in [2.45, 2.75) is 56.6 Å². The van der Waals surface area contributed by atoms with Crippen molar-refractivity contribution in [3.63, 3.8) is 0 Å². The minimum absolute atomic E-state index is 0.0958. The van der Waals surface area contributed by atoms with Gasteiger partial charge in [-0.2, -0.15) is 4.31 Å². The number of Topliss-reactive ketones (excluding diaryl/α,β-unsaturated/α-hetero) is 1. The highest BCUT2D eigenvalue weighted by atomic mass is 32.3. The fraction of sp³-hybridized carbons (Fsp3) is 0.310. The van der Waals surface area contributed by atoms with Gasteiger partial charge in [-0.05, 0) is 66.3 Å². The number of carboxylic acids is 1. The van der Waals surface area contributed by atoms with Crippen molar-refractivity contribution in [1.82, 2.24) is 4.31 Å². The molecule has 194 valence electrons. The molecule has 2 unspecified atom stereocenters. The standard InChI is InChI=1S/C29H31NO6S/c1-18-7-8-21(24(15-29(32)33)22-10-9-20-11-12-26(31)25(20)14-22)13-23(18)17-30-16-19(2)36-27-5-3-4-6-28(27)37(30,34)35/h3-10,13-14,19,24,34-35H,11-12,15-17H2,1-2H3,(H,32,33). The highest BCUT2D eigenvalue weighted by Crippen LogP contribution is 2.57. The average Bonchev–Trinajstić information content (AvgIpc) is 3.19. The number of hydrogen-bond donors (Lipinski definition) is 3. The average molecular weight is 522 g/mol. The molecule has 2 atom stereocenters. The highest BCUT2D eigenvalue weighted by Gasteiger charge is 2.34. The third-order valence-electron chi connectivity index (χ3n) is 7.25. The lowest BCUT2D eigenvalue weighted by Crippen LogP contribution is -2.33. The molecule has 3 aromatic carbocycles. The van der Waals surface area contributed by atoms with Crippen LogP contribution in [-0.2, 0) is 17.8 Å². The Morgan fingerprint density at radius 3 is 2.59 bits per heavy atom. The molecule has 3 aromatic rings. The van der Waals surface area contributed by atoms with E-state index in [0.29, 0.717) is 29.2 Å². The Kier molecular flexibility index (Phi) is 6.85. The smallest absolute Gasteiger partial charge is 0.304 e. The minimum Gasteiger partial charge on any atom is -0.487 e. The maximum atomic E-state index is 12.3. The number of ketones is 1. The molecule has 5 rings (SSSR count). The Bertz CT molecular complexity index is 1370. The van der Waals surface area contributed by atoms with E-state index in [2.05, 4.69) is 0 Å². The molecule has 0 radical (unpaired) electrons. The van der Waals surface area contributed by atoms with Gasteiger partial charge in [-0.25, -0.2) is 0 Å². The summed E-state index contributed by atoms with van der Waals surface area (Å²) in [6.45, 7) is 4.42. The highest BCUT2D eigenvalue weighted by molar-refractivity contribution is 8.22. The molecule has 37 heavy (non-hydrogen) atoms. The number of aryl methyl sites for hydroxylation is 2. The lowest BCUT2D eigenvalue weighted by molar-refractivity contribution is -0.137. The lowest BCUT2D eigenvalue weighted by Gasteiger charge is -2.42. The Morgan fingerprint density at radius 2 is 1.81 bits per heavy atom. The topological polar surface area (TPSA) is 107 Å². The zero-order valence-electron chi connectivity index (χ0n) is 20.9. The van der Waals surface area contributed by atoms with E-state index >= 15 is 0 Å². The van der Waals surface area contributed by atoms with Gasteiger partial charge in [-0.15, -0.1) is 10.8 Å². The molecule has 0 saturated carbocycles. The zero-order valence-corrected chi connectivity index (χ0v) is 21.7. The van der Waals surface area contributed by atoms with E-state index in [-0.39, 0.29) is 24.9 Å². The summed E-state index contributed by atoms with van der Waals surface area (Å²) in [5.74, 6) is -0.805. The molecular formula is C29H31NO6S. The van der Waals surface area contributed by atoms with Crippen LogP contribution in [0.3, 0.4) is 0 Å². The quantitative estimate of drug-likeness (QED) is 0.363. The number of carbonyl (C=O) groups excluding carboxylic acids is 1. The summed E-state index contributed by atoms with van der Waals surface area (Å²) < 4.78 is 30.2. The van der Waals surface area contributed by atoms with Gasteiger partial charge in [0, 0.05) is 24.4 Å². The van der Waals surface area contributed by atoms with Gasteiger partial charge < -0.3 is 9.84 Å². The van der Waals surface area contributed by atoms with Crippen LogP contribution in [0.1, 0.15) is 63.9 Å². The molecule has 2 aliphatic rings. The molecule has 0 spiro atoms. The van der Waals surface area contributed by atoms with Crippen LogP contribution in [0.5, 0.6) is 5.75 Å². The number of para-hydroxylation sites is 1. The van der Waals surface area contributed by atoms with E-state index in [1.54, 1.807) is 28.6 Å². The molecule has 0 bridgehead atoms. The van der Waals surface area contributed by atoms with Crippen LogP contribution in [0, 0.1) is 6.92 Å². The van der Waals surface area contributed by atoms with Crippen molar-refractivity contribution < 1.29 is 28.5 Å². The first-order valence-electron chi connectivity index (χ1n) is 12.4. The number of ether oxygens (including phenoxy) is 1. The van der Waals surface area contributed by atoms with Gasteiger partial charge in [0.05, 0.1) is 13.0 Å². The van der Waals surface area contributed by atoms with Gasteiger partial charge >= 0.3 is 5.97 Å². The van der Waals surface area contributed by atoms with Crippen molar-refractivity contribution >= 4 is 22.5 Å². The molecule has 8 heteroatoms. The largest absolute Gasteiger partial charge is 0.487 e. The van der Waals surface area contributed by atoms with E-state index in [4.69, 9.17) is 4.74 Å². The third kappa shape index (κ3) is 5.02. The first kappa shape index (κ1) is 25.5. The van der Waals surface area contributed by atoms with Gasteiger partial charge in [-0.3, -0.25) is 18.7 Å². The minimum atomic E-state index is -3.31. The number of rotatable bonds is 6. The molecule has 0 saturated heterocycles. The summed E-state index contributed by atoms with van der Waals surface area (Å²) in [6.07, 6.45) is 0.833. The second-order valence-corrected chi connectivity index (χ2v) is 11.9. The summed E-state index contributed by atoms with van der Waals surface area (Å²) >= 11 is 0. The second-order valence-electron chi connectivity index (χ2n) is 9.89. The van der Waals surface area contributed by atoms with Crippen LogP contribution >= 0.6 is 10.8 Å². The molecule has 0 aromatic heterocycles. The van der Waals surface area contributed by atoms with E-state index in [1.165, 1.54) is 0 Å². The number of nitrogens with zero attached hydrogens (tertiary/aromatic N) is 1. The molecule has 0 fully saturated rings. The zero-order chi connectivity index (χ0) is 26.3. The number of fused-ring (bicyclic) bond motifs is 2. The van der Waals surface area contributed by atoms with Gasteiger partial charge in [0.1, 0.15) is 16.7 Å². The summed E-state index contributed by atoms with van der Waals surface area (Å²) in [5.41, 5.74) is 5.13.